The molecular formula is C33H72Cl2N2O4. The summed E-state index contributed by atoms with van der Waals surface area (Å²) in [5.74, 6) is 0. The van der Waals surface area contributed by atoms with Crippen molar-refractivity contribution in [1.29, 1.82) is 0 Å². The van der Waals surface area contributed by atoms with Crippen LogP contribution in [0.3, 0.4) is 0 Å². The van der Waals surface area contributed by atoms with E-state index in [0.29, 0.717) is 0 Å². The van der Waals surface area contributed by atoms with Gasteiger partial charge in [0.1, 0.15) is 13.1 Å². The predicted octanol–water partition coefficient (Wildman–Crippen LogP) is -1.38. The lowest BCUT2D eigenvalue weighted by molar-refractivity contribution is -0.858. The monoisotopic (exact) mass is 630 g/mol. The van der Waals surface area contributed by atoms with Crippen molar-refractivity contribution in [3.63, 3.8) is 0 Å². The van der Waals surface area contributed by atoms with Crippen LogP contribution in [-0.4, -0.2) is 94.1 Å². The molecule has 2 N–H and O–H groups in total. The van der Waals surface area contributed by atoms with Gasteiger partial charge in [-0.25, -0.2) is 0 Å². The van der Waals surface area contributed by atoms with Crippen LogP contribution in [0.1, 0.15) is 117 Å². The SMILES string of the molecule is CCCCCCCCCCOCC(CCCCCCOCCCCC)(COCC[NH+](C)C)COCC[NH+](C)C.[Cl-].[Cl-]. The minimum absolute atomic E-state index is 0. The van der Waals surface area contributed by atoms with E-state index in [2.05, 4.69) is 42.0 Å². The minimum Gasteiger partial charge on any atom is -1.00 e. The number of likely N-dealkylation sites (N-methyl/N-ethyl adjacent to an activating group) is 2. The Morgan fingerprint density at radius 1 is 0.415 bits per heavy atom. The van der Waals surface area contributed by atoms with E-state index in [9.17, 15) is 0 Å². The Labute approximate surface area is 269 Å². The van der Waals surface area contributed by atoms with E-state index in [0.717, 1.165) is 85.2 Å². The van der Waals surface area contributed by atoms with E-state index in [1.807, 2.05) is 0 Å². The summed E-state index contributed by atoms with van der Waals surface area (Å²) in [6.07, 6.45) is 20.3. The first-order chi connectivity index (χ1) is 19.0. The summed E-state index contributed by atoms with van der Waals surface area (Å²) < 4.78 is 24.7. The molecule has 0 aliphatic heterocycles. The Morgan fingerprint density at radius 3 is 1.22 bits per heavy atom. The molecule has 0 atom stereocenters. The lowest BCUT2D eigenvalue weighted by atomic mass is 9.84. The molecule has 0 saturated heterocycles. The maximum atomic E-state index is 6.35. The van der Waals surface area contributed by atoms with Gasteiger partial charge in [-0.15, -0.1) is 0 Å². The van der Waals surface area contributed by atoms with Gasteiger partial charge in [-0.2, -0.15) is 0 Å². The number of hydrogen-bond donors (Lipinski definition) is 2. The number of halogens is 2. The highest BCUT2D eigenvalue weighted by atomic mass is 35.5. The molecule has 8 heteroatoms. The van der Waals surface area contributed by atoms with Crippen LogP contribution in [0, 0.1) is 5.41 Å². The van der Waals surface area contributed by atoms with Crippen LogP contribution in [0.4, 0.5) is 0 Å². The van der Waals surface area contributed by atoms with Crippen molar-refractivity contribution in [1.82, 2.24) is 0 Å². The molecule has 0 rings (SSSR count). The average molecular weight is 632 g/mol. The highest BCUT2D eigenvalue weighted by Gasteiger charge is 2.31. The second kappa shape index (κ2) is 34.8. The van der Waals surface area contributed by atoms with Crippen LogP contribution in [0.2, 0.25) is 0 Å². The Balaban J connectivity index is -0.00000722. The summed E-state index contributed by atoms with van der Waals surface area (Å²) in [7, 11) is 8.74. The molecule has 252 valence electrons. The van der Waals surface area contributed by atoms with Crippen molar-refractivity contribution in [2.45, 2.75) is 117 Å². The fraction of sp³-hybridized carbons (Fsp3) is 1.00. The molecule has 0 unspecified atom stereocenters. The molecule has 6 nitrogen and oxygen atoms in total. The topological polar surface area (TPSA) is 45.8 Å². The van der Waals surface area contributed by atoms with Gasteiger partial charge >= 0.3 is 0 Å². The van der Waals surface area contributed by atoms with E-state index in [1.165, 1.54) is 93.3 Å². The van der Waals surface area contributed by atoms with Crippen molar-refractivity contribution in [2.75, 3.05) is 94.1 Å². The van der Waals surface area contributed by atoms with Gasteiger partial charge in [-0.05, 0) is 25.7 Å². The van der Waals surface area contributed by atoms with Crippen molar-refractivity contribution < 1.29 is 53.6 Å². The fourth-order valence-electron chi connectivity index (χ4n) is 4.71. The summed E-state index contributed by atoms with van der Waals surface area (Å²) >= 11 is 0. The molecule has 0 aromatic rings. The Kier molecular flexibility index (Phi) is 38.9. The van der Waals surface area contributed by atoms with Crippen LogP contribution >= 0.6 is 0 Å². The van der Waals surface area contributed by atoms with Crippen LogP contribution in [0.25, 0.3) is 0 Å². The first-order valence-electron chi connectivity index (χ1n) is 16.8. The zero-order chi connectivity index (χ0) is 28.9. The quantitative estimate of drug-likeness (QED) is 0.0900. The highest BCUT2D eigenvalue weighted by molar-refractivity contribution is 4.80. The van der Waals surface area contributed by atoms with Crippen molar-refractivity contribution in [3.05, 3.63) is 0 Å². The summed E-state index contributed by atoms with van der Waals surface area (Å²) in [6.45, 7) is 13.0. The molecule has 0 aromatic carbocycles. The molecule has 0 aliphatic rings. The van der Waals surface area contributed by atoms with Gasteiger partial charge in [0.15, 0.2) is 0 Å². The summed E-state index contributed by atoms with van der Waals surface area (Å²) in [5, 5.41) is 0. The fourth-order valence-corrected chi connectivity index (χ4v) is 4.71. The third-order valence-electron chi connectivity index (χ3n) is 7.50. The van der Waals surface area contributed by atoms with Gasteiger partial charge < -0.3 is 53.6 Å². The van der Waals surface area contributed by atoms with E-state index in [4.69, 9.17) is 18.9 Å². The average Bonchev–Trinajstić information content (AvgIpc) is 2.91. The Bertz CT molecular complexity index is 446. The van der Waals surface area contributed by atoms with E-state index in [-0.39, 0.29) is 30.2 Å². The zero-order valence-electron chi connectivity index (χ0n) is 28.3. The van der Waals surface area contributed by atoms with Crippen LogP contribution < -0.4 is 34.6 Å². The molecule has 0 spiro atoms. The maximum Gasteiger partial charge on any atom is 0.100 e. The normalized spacial score (nSPS) is 11.7. The molecule has 0 saturated carbocycles. The summed E-state index contributed by atoms with van der Waals surface area (Å²) in [5.41, 5.74) is -0.0555. The molecule has 0 fully saturated rings. The number of unbranched alkanes of at least 4 members (excludes halogenated alkanes) is 12. The predicted molar refractivity (Wildman–Crippen MR) is 166 cm³/mol. The number of hydrogen-bond acceptors (Lipinski definition) is 4. The molecule has 0 aliphatic carbocycles. The second-order valence-electron chi connectivity index (χ2n) is 12.5. The van der Waals surface area contributed by atoms with E-state index in [1.54, 1.807) is 0 Å². The molecular weight excluding hydrogens is 559 g/mol. The lowest BCUT2D eigenvalue weighted by Crippen LogP contribution is -3.06. The number of nitrogens with one attached hydrogen (secondary N) is 2. The van der Waals surface area contributed by atoms with Gasteiger partial charge in [0.05, 0.1) is 61.2 Å². The van der Waals surface area contributed by atoms with Crippen LogP contribution in [-0.2, 0) is 18.9 Å². The largest absolute Gasteiger partial charge is 1.00 e. The standard InChI is InChI=1S/C33H70N2O4.2ClH/c1-7-9-11-12-13-14-16-21-27-37-30-33(31-38-28-23-34(3)4,32-39-29-24-35(5)6)22-18-15-17-20-26-36-25-19-10-8-2;;/h7-32H2,1-6H3;2*1H. The highest BCUT2D eigenvalue weighted by Crippen LogP contribution is 2.28. The smallest absolute Gasteiger partial charge is 0.100 e. The van der Waals surface area contributed by atoms with Crippen molar-refractivity contribution >= 4 is 0 Å². The van der Waals surface area contributed by atoms with Gasteiger partial charge in [-0.1, -0.05) is 90.9 Å². The molecule has 0 aromatic heterocycles. The summed E-state index contributed by atoms with van der Waals surface area (Å²) in [6, 6.07) is 0. The third kappa shape index (κ3) is 33.1. The van der Waals surface area contributed by atoms with E-state index < -0.39 is 0 Å². The number of quaternary nitrogens is 2. The van der Waals surface area contributed by atoms with Gasteiger partial charge in [-0.3, -0.25) is 0 Å². The van der Waals surface area contributed by atoms with Gasteiger partial charge in [0.25, 0.3) is 0 Å². The van der Waals surface area contributed by atoms with Crippen molar-refractivity contribution in [2.24, 2.45) is 5.41 Å². The first kappa shape index (κ1) is 45.8. The first-order valence-corrected chi connectivity index (χ1v) is 16.8. The minimum atomic E-state index is -0.0555. The second-order valence-corrected chi connectivity index (χ2v) is 12.5. The lowest BCUT2D eigenvalue weighted by Gasteiger charge is -2.33. The molecule has 41 heavy (non-hydrogen) atoms. The van der Waals surface area contributed by atoms with Gasteiger partial charge in [0.2, 0.25) is 0 Å². The summed E-state index contributed by atoms with van der Waals surface area (Å²) in [4.78, 5) is 2.85. The molecule has 0 amide bonds. The third-order valence-corrected chi connectivity index (χ3v) is 7.50. The van der Waals surface area contributed by atoms with E-state index >= 15 is 0 Å². The van der Waals surface area contributed by atoms with Gasteiger partial charge in [0, 0.05) is 25.2 Å². The molecule has 0 heterocycles. The maximum absolute atomic E-state index is 6.35. The van der Waals surface area contributed by atoms with Crippen LogP contribution in [0.15, 0.2) is 0 Å². The van der Waals surface area contributed by atoms with Crippen LogP contribution in [0.5, 0.6) is 0 Å². The number of ether oxygens (including phenoxy) is 4. The zero-order valence-corrected chi connectivity index (χ0v) is 29.8. The number of rotatable bonds is 32. The molecule has 0 radical (unpaired) electrons. The Hall–Kier alpha value is 0.340. The molecule has 0 bridgehead atoms. The van der Waals surface area contributed by atoms with Crippen molar-refractivity contribution in [3.8, 4) is 0 Å². The Morgan fingerprint density at radius 2 is 0.756 bits per heavy atom.